The minimum atomic E-state index is -0.164. The van der Waals surface area contributed by atoms with Crippen molar-refractivity contribution in [2.45, 2.75) is 25.2 Å². The van der Waals surface area contributed by atoms with Gasteiger partial charge in [0.15, 0.2) is 0 Å². The number of amides is 1. The molecule has 1 saturated heterocycles. The van der Waals surface area contributed by atoms with Crippen LogP contribution < -0.4 is 4.74 Å². The number of carbonyl (C=O) groups is 1. The van der Waals surface area contributed by atoms with E-state index in [1.54, 1.807) is 7.11 Å². The number of hydrogen-bond donors (Lipinski definition) is 0. The van der Waals surface area contributed by atoms with Crippen molar-refractivity contribution in [1.82, 2.24) is 14.3 Å². The van der Waals surface area contributed by atoms with E-state index in [2.05, 4.69) is 4.98 Å². The number of pyridine rings is 1. The molecular formula is C21H22ClN3O2. The van der Waals surface area contributed by atoms with E-state index in [1.807, 2.05) is 58.1 Å². The second-order valence-electron chi connectivity index (χ2n) is 6.85. The van der Waals surface area contributed by atoms with Gasteiger partial charge in [-0.3, -0.25) is 4.79 Å². The van der Waals surface area contributed by atoms with Gasteiger partial charge in [0, 0.05) is 43.4 Å². The molecular weight excluding hydrogens is 362 g/mol. The Morgan fingerprint density at radius 3 is 2.78 bits per heavy atom. The molecule has 27 heavy (non-hydrogen) atoms. The van der Waals surface area contributed by atoms with Crippen molar-refractivity contribution < 1.29 is 9.53 Å². The topological polar surface area (TPSA) is 46.8 Å². The van der Waals surface area contributed by atoms with Crippen LogP contribution in [-0.4, -0.2) is 40.4 Å². The molecule has 5 nitrogen and oxygen atoms in total. The van der Waals surface area contributed by atoms with Crippen LogP contribution in [0.1, 0.15) is 36.4 Å². The molecule has 3 aromatic rings. The highest BCUT2D eigenvalue weighted by Gasteiger charge is 2.28. The van der Waals surface area contributed by atoms with Gasteiger partial charge >= 0.3 is 0 Å². The number of likely N-dealkylation sites (tertiary alicyclic amines) is 1. The smallest absolute Gasteiger partial charge is 0.223 e. The Kier molecular flexibility index (Phi) is 5.03. The fraction of sp³-hybridized carbons (Fsp3) is 0.333. The first kappa shape index (κ1) is 17.9. The Hall–Kier alpha value is -2.53. The highest BCUT2D eigenvalue weighted by Crippen LogP contribution is 2.35. The van der Waals surface area contributed by atoms with Crippen molar-refractivity contribution in [1.29, 1.82) is 0 Å². The third-order valence-corrected chi connectivity index (χ3v) is 5.43. The van der Waals surface area contributed by atoms with Crippen LogP contribution in [-0.2, 0) is 4.79 Å². The standard InChI is InChI=1S/C21H22ClN3O2/c1-27-19-7-3-2-6-16(19)17(12-21(26)24-10-4-5-11-24)18-13-23-20-9-8-15(22)14-25(18)20/h2-3,6-9,13-14,17H,4-5,10-12H2,1H3. The molecule has 0 saturated carbocycles. The zero-order valence-electron chi connectivity index (χ0n) is 15.3. The van der Waals surface area contributed by atoms with Crippen LogP contribution in [0.25, 0.3) is 5.65 Å². The zero-order valence-corrected chi connectivity index (χ0v) is 16.0. The number of rotatable bonds is 5. The predicted molar refractivity (Wildman–Crippen MR) is 105 cm³/mol. The lowest BCUT2D eigenvalue weighted by atomic mass is 9.91. The van der Waals surface area contributed by atoms with E-state index < -0.39 is 0 Å². The lowest BCUT2D eigenvalue weighted by molar-refractivity contribution is -0.130. The molecule has 0 N–H and O–H groups in total. The number of para-hydroxylation sites is 1. The molecule has 1 amide bonds. The molecule has 1 unspecified atom stereocenters. The maximum atomic E-state index is 13.0. The third-order valence-electron chi connectivity index (χ3n) is 5.21. The average molecular weight is 384 g/mol. The molecule has 4 rings (SSSR count). The van der Waals surface area contributed by atoms with E-state index in [0.717, 1.165) is 48.6 Å². The Labute approximate surface area is 163 Å². The number of carbonyl (C=O) groups excluding carboxylic acids is 1. The minimum absolute atomic E-state index is 0.164. The largest absolute Gasteiger partial charge is 0.496 e. The van der Waals surface area contributed by atoms with E-state index in [9.17, 15) is 4.79 Å². The summed E-state index contributed by atoms with van der Waals surface area (Å²) in [4.78, 5) is 19.4. The second kappa shape index (κ2) is 7.61. The van der Waals surface area contributed by atoms with Crippen molar-refractivity contribution in [3.8, 4) is 5.75 Å². The zero-order chi connectivity index (χ0) is 18.8. The van der Waals surface area contributed by atoms with Crippen molar-refractivity contribution in [2.24, 2.45) is 0 Å². The summed E-state index contributed by atoms with van der Waals surface area (Å²) in [5.74, 6) is 0.775. The molecule has 1 aliphatic heterocycles. The summed E-state index contributed by atoms with van der Waals surface area (Å²) in [5, 5.41) is 0.631. The van der Waals surface area contributed by atoms with Crippen LogP contribution in [0.2, 0.25) is 5.02 Å². The first-order chi connectivity index (χ1) is 13.2. The lowest BCUT2D eigenvalue weighted by Crippen LogP contribution is -2.29. The van der Waals surface area contributed by atoms with Crippen molar-refractivity contribution in [2.75, 3.05) is 20.2 Å². The minimum Gasteiger partial charge on any atom is -0.496 e. The van der Waals surface area contributed by atoms with Gasteiger partial charge in [0.1, 0.15) is 11.4 Å². The van der Waals surface area contributed by atoms with Crippen molar-refractivity contribution >= 4 is 23.2 Å². The normalized spacial score (nSPS) is 15.3. The van der Waals surface area contributed by atoms with Gasteiger partial charge in [-0.2, -0.15) is 0 Å². The number of fused-ring (bicyclic) bond motifs is 1. The average Bonchev–Trinajstić information content (AvgIpc) is 3.36. The summed E-state index contributed by atoms with van der Waals surface area (Å²) < 4.78 is 7.56. The lowest BCUT2D eigenvalue weighted by Gasteiger charge is -2.23. The number of aromatic nitrogens is 2. The van der Waals surface area contributed by atoms with Gasteiger partial charge in [0.05, 0.1) is 17.8 Å². The summed E-state index contributed by atoms with van der Waals surface area (Å²) in [6, 6.07) is 11.6. The SMILES string of the molecule is COc1ccccc1C(CC(=O)N1CCCC1)c1cnc2ccc(Cl)cn12. The molecule has 6 heteroatoms. The summed E-state index contributed by atoms with van der Waals surface area (Å²) >= 11 is 6.22. The van der Waals surface area contributed by atoms with Crippen LogP contribution in [0, 0.1) is 0 Å². The maximum absolute atomic E-state index is 13.0. The molecule has 1 aliphatic rings. The number of ether oxygens (including phenoxy) is 1. The van der Waals surface area contributed by atoms with Gasteiger partial charge < -0.3 is 14.0 Å². The Bertz CT molecular complexity index is 963. The third kappa shape index (κ3) is 3.52. The van der Waals surface area contributed by atoms with Gasteiger partial charge in [-0.1, -0.05) is 29.8 Å². The fourth-order valence-electron chi connectivity index (χ4n) is 3.83. The fourth-order valence-corrected chi connectivity index (χ4v) is 3.99. The van der Waals surface area contributed by atoms with E-state index >= 15 is 0 Å². The van der Waals surface area contributed by atoms with E-state index in [1.165, 1.54) is 0 Å². The molecule has 1 fully saturated rings. The van der Waals surface area contributed by atoms with E-state index in [0.29, 0.717) is 11.4 Å². The van der Waals surface area contributed by atoms with Crippen molar-refractivity contribution in [3.63, 3.8) is 0 Å². The van der Waals surface area contributed by atoms with Gasteiger partial charge in [-0.15, -0.1) is 0 Å². The maximum Gasteiger partial charge on any atom is 0.223 e. The molecule has 140 valence electrons. The van der Waals surface area contributed by atoms with Crippen LogP contribution in [0.15, 0.2) is 48.8 Å². The monoisotopic (exact) mass is 383 g/mol. The second-order valence-corrected chi connectivity index (χ2v) is 7.28. The number of nitrogens with zero attached hydrogens (tertiary/aromatic N) is 3. The van der Waals surface area contributed by atoms with Crippen LogP contribution in [0.4, 0.5) is 0 Å². The molecule has 1 atom stereocenters. The van der Waals surface area contributed by atoms with Gasteiger partial charge in [0.2, 0.25) is 5.91 Å². The molecule has 3 heterocycles. The molecule has 2 aromatic heterocycles. The molecule has 0 aliphatic carbocycles. The highest BCUT2D eigenvalue weighted by molar-refractivity contribution is 6.30. The quantitative estimate of drug-likeness (QED) is 0.665. The van der Waals surface area contributed by atoms with Crippen LogP contribution >= 0.6 is 11.6 Å². The number of hydrogen-bond acceptors (Lipinski definition) is 3. The van der Waals surface area contributed by atoms with E-state index in [-0.39, 0.29) is 11.8 Å². The van der Waals surface area contributed by atoms with Gasteiger partial charge in [-0.25, -0.2) is 4.98 Å². The summed E-state index contributed by atoms with van der Waals surface area (Å²) in [7, 11) is 1.66. The Balaban J connectivity index is 1.79. The molecule has 1 aromatic carbocycles. The van der Waals surface area contributed by atoms with E-state index in [4.69, 9.17) is 16.3 Å². The molecule has 0 radical (unpaired) electrons. The van der Waals surface area contributed by atoms with Gasteiger partial charge in [-0.05, 0) is 31.0 Å². The summed E-state index contributed by atoms with van der Waals surface area (Å²) in [5.41, 5.74) is 2.72. The highest BCUT2D eigenvalue weighted by atomic mass is 35.5. The number of imidazole rings is 1. The van der Waals surface area contributed by atoms with Crippen LogP contribution in [0.3, 0.4) is 0 Å². The number of methoxy groups -OCH3 is 1. The molecule has 0 spiro atoms. The number of halogens is 1. The number of benzene rings is 1. The summed E-state index contributed by atoms with van der Waals surface area (Å²) in [6.07, 6.45) is 6.22. The Morgan fingerprint density at radius 1 is 1.22 bits per heavy atom. The summed E-state index contributed by atoms with van der Waals surface area (Å²) in [6.45, 7) is 1.69. The molecule has 0 bridgehead atoms. The Morgan fingerprint density at radius 2 is 2.00 bits per heavy atom. The first-order valence-electron chi connectivity index (χ1n) is 9.20. The predicted octanol–water partition coefficient (Wildman–Crippen LogP) is 4.14. The van der Waals surface area contributed by atoms with Gasteiger partial charge in [0.25, 0.3) is 0 Å². The van der Waals surface area contributed by atoms with Crippen LogP contribution in [0.5, 0.6) is 5.75 Å². The first-order valence-corrected chi connectivity index (χ1v) is 9.58. The van der Waals surface area contributed by atoms with Crippen molar-refractivity contribution in [3.05, 3.63) is 65.1 Å².